The van der Waals surface area contributed by atoms with Gasteiger partial charge in [-0.15, -0.1) is 0 Å². The van der Waals surface area contributed by atoms with Gasteiger partial charge in [-0.3, -0.25) is 14.2 Å². The lowest BCUT2D eigenvalue weighted by Gasteiger charge is -2.06. The van der Waals surface area contributed by atoms with Gasteiger partial charge in [0.2, 0.25) is 5.91 Å². The van der Waals surface area contributed by atoms with E-state index in [1.54, 1.807) is 7.05 Å². The highest BCUT2D eigenvalue weighted by molar-refractivity contribution is 14.1. The third-order valence-electron chi connectivity index (χ3n) is 1.87. The number of nitrogens with zero attached hydrogens (tertiary/aromatic N) is 2. The maximum absolute atomic E-state index is 11.5. The van der Waals surface area contributed by atoms with Crippen LogP contribution < -0.4 is 17.0 Å². The number of carbonyl (C=O) groups is 1. The molecule has 0 radical (unpaired) electrons. The monoisotopic (exact) mass is 323 g/mol. The molecule has 6 nitrogen and oxygen atoms in total. The Balaban J connectivity index is 3.22. The number of halogens is 1. The number of nitrogens with two attached hydrogens (primary N) is 1. The summed E-state index contributed by atoms with van der Waals surface area (Å²) >= 11 is 1.84. The van der Waals surface area contributed by atoms with Crippen LogP contribution in [-0.4, -0.2) is 15.0 Å². The van der Waals surface area contributed by atoms with Crippen molar-refractivity contribution in [2.24, 2.45) is 12.8 Å². The molecule has 82 valence electrons. The zero-order chi connectivity index (χ0) is 11.6. The van der Waals surface area contributed by atoms with Crippen molar-refractivity contribution in [3.63, 3.8) is 0 Å². The van der Waals surface area contributed by atoms with Crippen molar-refractivity contribution < 1.29 is 4.79 Å². The van der Waals surface area contributed by atoms with Crippen molar-refractivity contribution in [3.8, 4) is 0 Å². The van der Waals surface area contributed by atoms with E-state index >= 15 is 0 Å². The molecule has 1 aromatic rings. The highest BCUT2D eigenvalue weighted by Gasteiger charge is 2.08. The van der Waals surface area contributed by atoms with Gasteiger partial charge in [0.1, 0.15) is 0 Å². The first kappa shape index (κ1) is 12.0. The highest BCUT2D eigenvalue weighted by atomic mass is 127. The van der Waals surface area contributed by atoms with Crippen LogP contribution in [0.5, 0.6) is 0 Å². The van der Waals surface area contributed by atoms with Crippen LogP contribution in [0.15, 0.2) is 15.8 Å². The lowest BCUT2D eigenvalue weighted by Crippen LogP contribution is -2.40. The van der Waals surface area contributed by atoms with Crippen molar-refractivity contribution in [2.75, 3.05) is 0 Å². The molecule has 0 unspecified atom stereocenters. The Kier molecular flexibility index (Phi) is 3.66. The number of primary amides is 1. The van der Waals surface area contributed by atoms with Crippen LogP contribution in [-0.2, 0) is 18.4 Å². The van der Waals surface area contributed by atoms with Crippen molar-refractivity contribution in [3.05, 3.63) is 30.6 Å². The zero-order valence-electron chi connectivity index (χ0n) is 8.07. The molecule has 7 heteroatoms. The molecule has 0 aliphatic rings. The van der Waals surface area contributed by atoms with Crippen LogP contribution in [0, 0.1) is 3.57 Å². The van der Waals surface area contributed by atoms with Gasteiger partial charge in [0.05, 0.1) is 3.57 Å². The average molecular weight is 323 g/mol. The molecule has 0 aliphatic heterocycles. The summed E-state index contributed by atoms with van der Waals surface area (Å²) in [4.78, 5) is 33.6. The predicted octanol–water partition coefficient (Wildman–Crippen LogP) is -0.973. The van der Waals surface area contributed by atoms with Crippen LogP contribution >= 0.6 is 22.6 Å². The number of hydrogen-bond acceptors (Lipinski definition) is 3. The summed E-state index contributed by atoms with van der Waals surface area (Å²) in [6.45, 7) is 0.0255. The van der Waals surface area contributed by atoms with Gasteiger partial charge in [0, 0.05) is 26.2 Å². The first-order valence-electron chi connectivity index (χ1n) is 4.17. The molecule has 0 atom stereocenters. The molecular formula is C8H10IN3O3. The van der Waals surface area contributed by atoms with Crippen molar-refractivity contribution in [2.45, 2.75) is 13.0 Å². The van der Waals surface area contributed by atoms with Crippen molar-refractivity contribution in [1.29, 1.82) is 0 Å². The van der Waals surface area contributed by atoms with E-state index in [4.69, 9.17) is 5.73 Å². The fourth-order valence-electron chi connectivity index (χ4n) is 1.11. The predicted molar refractivity (Wildman–Crippen MR) is 62.5 cm³/mol. The molecule has 0 bridgehead atoms. The van der Waals surface area contributed by atoms with E-state index in [0.29, 0.717) is 3.57 Å². The highest BCUT2D eigenvalue weighted by Crippen LogP contribution is 1.93. The molecular weight excluding hydrogens is 313 g/mol. The number of aromatic nitrogens is 2. The second kappa shape index (κ2) is 4.60. The largest absolute Gasteiger partial charge is 0.370 e. The number of hydrogen-bond donors (Lipinski definition) is 1. The molecule has 0 aliphatic carbocycles. The smallest absolute Gasteiger partial charge is 0.330 e. The molecule has 0 fully saturated rings. The first-order chi connectivity index (χ1) is 6.93. The molecule has 1 rings (SSSR count). The minimum absolute atomic E-state index is 0.0186. The van der Waals surface area contributed by atoms with E-state index in [1.165, 1.54) is 10.8 Å². The maximum atomic E-state index is 11.5. The Morgan fingerprint density at radius 2 is 2.13 bits per heavy atom. The Bertz CT molecular complexity index is 469. The van der Waals surface area contributed by atoms with Crippen molar-refractivity contribution >= 4 is 28.5 Å². The second-order valence-corrected chi connectivity index (χ2v) is 4.21. The summed E-state index contributed by atoms with van der Waals surface area (Å²) < 4.78 is 2.73. The number of rotatable bonds is 3. The van der Waals surface area contributed by atoms with E-state index in [9.17, 15) is 14.4 Å². The van der Waals surface area contributed by atoms with E-state index in [0.717, 1.165) is 4.57 Å². The molecule has 0 spiro atoms. The van der Waals surface area contributed by atoms with E-state index in [2.05, 4.69) is 0 Å². The summed E-state index contributed by atoms with van der Waals surface area (Å²) in [6.07, 6.45) is 1.43. The average Bonchev–Trinajstić information content (AvgIpc) is 2.14. The summed E-state index contributed by atoms with van der Waals surface area (Å²) in [7, 11) is 1.55. The number of carbonyl (C=O) groups excluding carboxylic acids is 1. The Hall–Kier alpha value is -1.12. The third-order valence-corrected chi connectivity index (χ3v) is 2.61. The summed E-state index contributed by atoms with van der Waals surface area (Å²) in [6, 6.07) is 0. The van der Waals surface area contributed by atoms with Gasteiger partial charge in [-0.2, -0.15) is 0 Å². The van der Waals surface area contributed by atoms with Gasteiger partial charge in [0.15, 0.2) is 0 Å². The Morgan fingerprint density at radius 3 is 2.67 bits per heavy atom. The maximum Gasteiger partial charge on any atom is 0.330 e. The molecule has 1 heterocycles. The normalized spacial score (nSPS) is 10.3. The van der Waals surface area contributed by atoms with Crippen LogP contribution in [0.1, 0.15) is 6.42 Å². The lowest BCUT2D eigenvalue weighted by molar-refractivity contribution is -0.118. The fourth-order valence-corrected chi connectivity index (χ4v) is 1.81. The second-order valence-electron chi connectivity index (χ2n) is 3.04. The molecule has 15 heavy (non-hydrogen) atoms. The van der Waals surface area contributed by atoms with Crippen LogP contribution in [0.25, 0.3) is 0 Å². The lowest BCUT2D eigenvalue weighted by atomic mass is 10.4. The SMILES string of the molecule is Cn1cc(I)c(=O)n(CCC(N)=O)c1=O. The van der Waals surface area contributed by atoms with E-state index in [-0.39, 0.29) is 18.5 Å². The van der Waals surface area contributed by atoms with Gasteiger partial charge >= 0.3 is 5.69 Å². The molecule has 0 saturated carbocycles. The Morgan fingerprint density at radius 1 is 1.53 bits per heavy atom. The molecule has 1 amide bonds. The summed E-state index contributed by atoms with van der Waals surface area (Å²) in [5.41, 5.74) is 4.12. The van der Waals surface area contributed by atoms with E-state index < -0.39 is 11.6 Å². The summed E-state index contributed by atoms with van der Waals surface area (Å²) in [5.74, 6) is -0.539. The minimum Gasteiger partial charge on any atom is -0.370 e. The third kappa shape index (κ3) is 2.67. The van der Waals surface area contributed by atoms with Gasteiger partial charge in [-0.05, 0) is 22.6 Å². The van der Waals surface area contributed by atoms with Gasteiger partial charge in [-0.1, -0.05) is 0 Å². The van der Waals surface area contributed by atoms with Crippen molar-refractivity contribution in [1.82, 2.24) is 9.13 Å². The van der Waals surface area contributed by atoms with Gasteiger partial charge in [0.25, 0.3) is 5.56 Å². The van der Waals surface area contributed by atoms with Gasteiger partial charge < -0.3 is 10.3 Å². The van der Waals surface area contributed by atoms with Gasteiger partial charge in [-0.25, -0.2) is 4.79 Å². The quantitative estimate of drug-likeness (QED) is 0.726. The van der Waals surface area contributed by atoms with E-state index in [1.807, 2.05) is 22.6 Å². The fraction of sp³-hybridized carbons (Fsp3) is 0.375. The molecule has 2 N–H and O–H groups in total. The molecule has 1 aromatic heterocycles. The Labute approximate surface area is 98.8 Å². The van der Waals surface area contributed by atoms with Crippen LogP contribution in [0.4, 0.5) is 0 Å². The topological polar surface area (TPSA) is 87.1 Å². The number of aryl methyl sites for hydroxylation is 1. The molecule has 0 saturated heterocycles. The standard InChI is InChI=1S/C8H10IN3O3/c1-11-4-5(9)7(14)12(8(11)15)3-2-6(10)13/h4H,2-3H2,1H3,(H2,10,13). The minimum atomic E-state index is -0.539. The van der Waals surface area contributed by atoms with Crippen LogP contribution in [0.3, 0.4) is 0 Å². The number of amides is 1. The molecule has 0 aromatic carbocycles. The summed E-state index contributed by atoms with van der Waals surface area (Å²) in [5, 5.41) is 0. The van der Waals surface area contributed by atoms with Crippen LogP contribution in [0.2, 0.25) is 0 Å². The zero-order valence-corrected chi connectivity index (χ0v) is 10.2. The first-order valence-corrected chi connectivity index (χ1v) is 5.25.